The molecule has 0 saturated heterocycles. The third-order valence-corrected chi connectivity index (χ3v) is 3.88. The Morgan fingerprint density at radius 1 is 1.12 bits per heavy atom. The van der Waals surface area contributed by atoms with E-state index in [1.807, 2.05) is 29.7 Å². The number of azo groups is 1. The van der Waals surface area contributed by atoms with Gasteiger partial charge in [-0.25, -0.2) is 4.98 Å². The molecule has 6 nitrogen and oxygen atoms in total. The Balaban J connectivity index is 2.06. The highest BCUT2D eigenvalue weighted by Crippen LogP contribution is 2.33. The Kier molecular flexibility index (Phi) is 4.12. The molecule has 1 amide bonds. The number of aryl methyl sites for hydroxylation is 1. The summed E-state index contributed by atoms with van der Waals surface area (Å²) in [5.41, 5.74) is 9.06. The summed E-state index contributed by atoms with van der Waals surface area (Å²) in [6, 6.07) is 10.7. The predicted octanol–water partition coefficient (Wildman–Crippen LogP) is 4.45. The molecule has 2 aromatic heterocycles. The molecule has 0 radical (unpaired) electrons. The predicted molar refractivity (Wildman–Crippen MR) is 97.8 cm³/mol. The van der Waals surface area contributed by atoms with Crippen LogP contribution in [0.4, 0.5) is 11.5 Å². The molecule has 2 N–H and O–H groups in total. The first-order valence-electron chi connectivity index (χ1n) is 8.06. The zero-order chi connectivity index (χ0) is 18.2. The lowest BCUT2D eigenvalue weighted by Crippen LogP contribution is -2.11. The van der Waals surface area contributed by atoms with Crippen LogP contribution in [0.5, 0.6) is 0 Å². The molecule has 0 aliphatic heterocycles. The molecule has 0 unspecified atom stereocenters. The Morgan fingerprint density at radius 3 is 2.40 bits per heavy atom. The van der Waals surface area contributed by atoms with E-state index in [4.69, 9.17) is 10.7 Å². The molecule has 3 aromatic rings. The lowest BCUT2D eigenvalue weighted by molar-refractivity contribution is 0.100. The summed E-state index contributed by atoms with van der Waals surface area (Å²) in [6.07, 6.45) is 1.96. The average molecular weight is 335 g/mol. The molecule has 128 valence electrons. The average Bonchev–Trinajstić information content (AvgIpc) is 2.91. The maximum Gasteiger partial charge on any atom is 0.248 e. The molecule has 0 saturated carbocycles. The third-order valence-electron chi connectivity index (χ3n) is 3.88. The zero-order valence-corrected chi connectivity index (χ0v) is 14.8. The first kappa shape index (κ1) is 16.8. The molecule has 0 spiro atoms. The number of benzene rings is 1. The van der Waals surface area contributed by atoms with Crippen molar-refractivity contribution in [3.63, 3.8) is 0 Å². The van der Waals surface area contributed by atoms with Gasteiger partial charge in [0.15, 0.2) is 5.82 Å². The van der Waals surface area contributed by atoms with Crippen LogP contribution >= 0.6 is 0 Å². The largest absolute Gasteiger partial charge is 0.366 e. The molecular weight excluding hydrogens is 314 g/mol. The van der Waals surface area contributed by atoms with Crippen LogP contribution in [0.2, 0.25) is 0 Å². The molecule has 0 atom stereocenters. The molecular formula is C19H21N5O. The van der Waals surface area contributed by atoms with E-state index in [2.05, 4.69) is 31.0 Å². The standard InChI is InChI=1S/C19H21N5O/c1-12-9-10-24-15(11-12)21-16(19(2,3)4)18(24)23-22-14-7-5-13(6-8-14)17(20)25/h5-11H,1-4H3,(H2,20,25). The van der Waals surface area contributed by atoms with Crippen LogP contribution in [0.1, 0.15) is 42.4 Å². The number of fused-ring (bicyclic) bond motifs is 1. The minimum atomic E-state index is -0.462. The monoisotopic (exact) mass is 335 g/mol. The summed E-state index contributed by atoms with van der Waals surface area (Å²) in [7, 11) is 0. The van der Waals surface area contributed by atoms with E-state index in [1.54, 1.807) is 24.3 Å². The van der Waals surface area contributed by atoms with E-state index < -0.39 is 5.91 Å². The van der Waals surface area contributed by atoms with Crippen LogP contribution in [0.15, 0.2) is 52.8 Å². The van der Waals surface area contributed by atoms with Gasteiger partial charge in [0, 0.05) is 17.2 Å². The number of amides is 1. The summed E-state index contributed by atoms with van der Waals surface area (Å²) < 4.78 is 1.94. The lowest BCUT2D eigenvalue weighted by atomic mass is 9.92. The number of rotatable bonds is 3. The van der Waals surface area contributed by atoms with Crippen molar-refractivity contribution in [2.45, 2.75) is 33.1 Å². The maximum atomic E-state index is 11.1. The van der Waals surface area contributed by atoms with Gasteiger partial charge >= 0.3 is 0 Å². The number of imidazole rings is 1. The van der Waals surface area contributed by atoms with E-state index in [-0.39, 0.29) is 5.41 Å². The molecule has 3 rings (SSSR count). The van der Waals surface area contributed by atoms with Crippen LogP contribution in [-0.4, -0.2) is 15.3 Å². The Morgan fingerprint density at radius 2 is 1.80 bits per heavy atom. The van der Waals surface area contributed by atoms with E-state index in [0.717, 1.165) is 16.9 Å². The van der Waals surface area contributed by atoms with Gasteiger partial charge in [-0.1, -0.05) is 20.8 Å². The smallest absolute Gasteiger partial charge is 0.248 e. The first-order valence-corrected chi connectivity index (χ1v) is 8.06. The fourth-order valence-corrected chi connectivity index (χ4v) is 2.53. The van der Waals surface area contributed by atoms with Gasteiger partial charge in [-0.15, -0.1) is 10.2 Å². The van der Waals surface area contributed by atoms with Crippen molar-refractivity contribution in [2.75, 3.05) is 0 Å². The number of hydrogen-bond donors (Lipinski definition) is 1. The van der Waals surface area contributed by atoms with Crippen molar-refractivity contribution in [1.82, 2.24) is 9.38 Å². The third kappa shape index (κ3) is 3.42. The van der Waals surface area contributed by atoms with Gasteiger partial charge in [-0.05, 0) is 48.9 Å². The van der Waals surface area contributed by atoms with Crippen LogP contribution in [0.3, 0.4) is 0 Å². The summed E-state index contributed by atoms with van der Waals surface area (Å²) in [5, 5.41) is 8.75. The van der Waals surface area contributed by atoms with Gasteiger partial charge in [-0.3, -0.25) is 9.20 Å². The normalized spacial score (nSPS) is 12.2. The van der Waals surface area contributed by atoms with Crippen molar-refractivity contribution in [3.8, 4) is 0 Å². The second kappa shape index (κ2) is 6.12. The molecule has 25 heavy (non-hydrogen) atoms. The summed E-state index contributed by atoms with van der Waals surface area (Å²) >= 11 is 0. The van der Waals surface area contributed by atoms with Gasteiger partial charge in [0.05, 0.1) is 11.4 Å². The van der Waals surface area contributed by atoms with E-state index in [9.17, 15) is 4.79 Å². The topological polar surface area (TPSA) is 85.1 Å². The zero-order valence-electron chi connectivity index (χ0n) is 14.8. The highest BCUT2D eigenvalue weighted by molar-refractivity contribution is 5.92. The number of hydrogen-bond acceptors (Lipinski definition) is 4. The highest BCUT2D eigenvalue weighted by atomic mass is 16.1. The van der Waals surface area contributed by atoms with E-state index in [1.165, 1.54) is 0 Å². The number of carbonyl (C=O) groups excluding carboxylic acids is 1. The van der Waals surface area contributed by atoms with Crippen LogP contribution in [0.25, 0.3) is 5.65 Å². The van der Waals surface area contributed by atoms with Gasteiger partial charge < -0.3 is 5.73 Å². The summed E-state index contributed by atoms with van der Waals surface area (Å²) in [5.74, 6) is 0.247. The second-order valence-electron chi connectivity index (χ2n) is 7.08. The van der Waals surface area contributed by atoms with E-state index in [0.29, 0.717) is 17.1 Å². The SMILES string of the molecule is Cc1ccn2c(N=Nc3ccc(C(N)=O)cc3)c(C(C)(C)C)nc2c1. The fraction of sp³-hybridized carbons (Fsp3) is 0.263. The van der Waals surface area contributed by atoms with E-state index >= 15 is 0 Å². The van der Waals surface area contributed by atoms with Crippen LogP contribution in [0, 0.1) is 6.92 Å². The van der Waals surface area contributed by atoms with Crippen LogP contribution < -0.4 is 5.73 Å². The van der Waals surface area contributed by atoms with Crippen molar-refractivity contribution in [2.24, 2.45) is 16.0 Å². The molecule has 0 fully saturated rings. The minimum absolute atomic E-state index is 0.163. The Bertz CT molecular complexity index is 962. The van der Waals surface area contributed by atoms with Gasteiger partial charge in [0.2, 0.25) is 5.91 Å². The maximum absolute atomic E-state index is 11.1. The first-order chi connectivity index (χ1) is 11.8. The molecule has 6 heteroatoms. The lowest BCUT2D eigenvalue weighted by Gasteiger charge is -2.15. The number of nitrogens with two attached hydrogens (primary N) is 1. The molecule has 0 aliphatic carbocycles. The molecule has 1 aromatic carbocycles. The van der Waals surface area contributed by atoms with Gasteiger partial charge in [-0.2, -0.15) is 0 Å². The number of carbonyl (C=O) groups is 1. The van der Waals surface area contributed by atoms with Gasteiger partial charge in [0.1, 0.15) is 5.65 Å². The van der Waals surface area contributed by atoms with Crippen molar-refractivity contribution in [3.05, 3.63) is 59.4 Å². The van der Waals surface area contributed by atoms with Crippen LogP contribution in [-0.2, 0) is 5.41 Å². The number of nitrogens with zero attached hydrogens (tertiary/aromatic N) is 4. The Labute approximate surface area is 146 Å². The quantitative estimate of drug-likeness (QED) is 0.717. The number of aromatic nitrogens is 2. The van der Waals surface area contributed by atoms with Crippen molar-refractivity contribution >= 4 is 23.1 Å². The van der Waals surface area contributed by atoms with Gasteiger partial charge in [0.25, 0.3) is 0 Å². The van der Waals surface area contributed by atoms with Crippen molar-refractivity contribution < 1.29 is 4.79 Å². The fourth-order valence-electron chi connectivity index (χ4n) is 2.53. The van der Waals surface area contributed by atoms with Crippen molar-refractivity contribution in [1.29, 1.82) is 0 Å². The summed E-state index contributed by atoms with van der Waals surface area (Å²) in [6.45, 7) is 8.33. The summed E-state index contributed by atoms with van der Waals surface area (Å²) in [4.78, 5) is 15.9. The number of pyridine rings is 1. The second-order valence-corrected chi connectivity index (χ2v) is 7.08. The Hall–Kier alpha value is -3.02. The highest BCUT2D eigenvalue weighted by Gasteiger charge is 2.24. The molecule has 2 heterocycles. The number of primary amides is 1. The molecule has 0 bridgehead atoms. The molecule has 0 aliphatic rings. The minimum Gasteiger partial charge on any atom is -0.366 e.